The molecular formula is C13H13ClN4S. The van der Waals surface area contributed by atoms with Crippen LogP contribution < -0.4 is 11.3 Å². The van der Waals surface area contributed by atoms with Gasteiger partial charge in [-0.25, -0.2) is 5.43 Å². The maximum absolute atomic E-state index is 6.19. The van der Waals surface area contributed by atoms with E-state index in [0.29, 0.717) is 5.02 Å². The van der Waals surface area contributed by atoms with Gasteiger partial charge in [0.1, 0.15) is 0 Å². The van der Waals surface area contributed by atoms with Crippen molar-refractivity contribution in [2.45, 2.75) is 6.04 Å². The highest BCUT2D eigenvalue weighted by Crippen LogP contribution is 2.34. The van der Waals surface area contributed by atoms with Crippen LogP contribution in [0.3, 0.4) is 0 Å². The first-order valence-electron chi connectivity index (χ1n) is 5.82. The average molecular weight is 293 g/mol. The second kappa shape index (κ2) is 4.94. The Morgan fingerprint density at radius 2 is 2.21 bits per heavy atom. The summed E-state index contributed by atoms with van der Waals surface area (Å²) < 4.78 is 2.98. The summed E-state index contributed by atoms with van der Waals surface area (Å²) in [6, 6.07) is 10.2. The minimum Gasteiger partial charge on any atom is -0.270 e. The summed E-state index contributed by atoms with van der Waals surface area (Å²) in [5.74, 6) is 5.71. The van der Waals surface area contributed by atoms with E-state index in [9.17, 15) is 0 Å². The first kappa shape index (κ1) is 12.6. The van der Waals surface area contributed by atoms with Crippen LogP contribution in [0.5, 0.6) is 0 Å². The molecule has 19 heavy (non-hydrogen) atoms. The lowest BCUT2D eigenvalue weighted by Crippen LogP contribution is -2.30. The van der Waals surface area contributed by atoms with Crippen LogP contribution in [0.1, 0.15) is 16.6 Å². The van der Waals surface area contributed by atoms with Crippen LogP contribution in [0.4, 0.5) is 0 Å². The quantitative estimate of drug-likeness (QED) is 0.576. The van der Waals surface area contributed by atoms with Gasteiger partial charge in [0.05, 0.1) is 23.0 Å². The molecular weight excluding hydrogens is 280 g/mol. The molecule has 1 unspecified atom stereocenters. The third-order valence-corrected chi connectivity index (χ3v) is 4.58. The standard InChI is InChI=1S/C13H13ClN4S/c1-18-13(9(14)7-16-18)12(17-15)11-6-8-4-2-3-5-10(8)19-11/h2-7,12,17H,15H2,1H3. The van der Waals surface area contributed by atoms with Crippen molar-refractivity contribution in [2.24, 2.45) is 12.9 Å². The number of halogens is 1. The third-order valence-electron chi connectivity index (χ3n) is 3.11. The highest BCUT2D eigenvalue weighted by atomic mass is 35.5. The number of nitrogens with one attached hydrogen (secondary N) is 1. The number of hydrazine groups is 1. The first-order valence-corrected chi connectivity index (χ1v) is 7.02. The zero-order chi connectivity index (χ0) is 13.4. The topological polar surface area (TPSA) is 55.9 Å². The number of nitrogens with zero attached hydrogens (tertiary/aromatic N) is 2. The van der Waals surface area contributed by atoms with E-state index in [1.54, 1.807) is 22.2 Å². The maximum atomic E-state index is 6.19. The van der Waals surface area contributed by atoms with Crippen molar-refractivity contribution in [3.63, 3.8) is 0 Å². The monoisotopic (exact) mass is 292 g/mol. The maximum Gasteiger partial charge on any atom is 0.0985 e. The lowest BCUT2D eigenvalue weighted by Gasteiger charge is -2.15. The van der Waals surface area contributed by atoms with Crippen LogP contribution in [0, 0.1) is 0 Å². The zero-order valence-electron chi connectivity index (χ0n) is 10.3. The molecule has 0 bridgehead atoms. The number of aryl methyl sites for hydroxylation is 1. The van der Waals surface area contributed by atoms with Gasteiger partial charge in [0, 0.05) is 16.6 Å². The Hall–Kier alpha value is -1.40. The Morgan fingerprint density at radius 1 is 1.42 bits per heavy atom. The van der Waals surface area contributed by atoms with Crippen molar-refractivity contribution < 1.29 is 0 Å². The fourth-order valence-electron chi connectivity index (χ4n) is 2.19. The van der Waals surface area contributed by atoms with Gasteiger partial charge < -0.3 is 0 Å². The molecule has 3 N–H and O–H groups in total. The minimum absolute atomic E-state index is 0.155. The number of thiophene rings is 1. The molecule has 0 spiro atoms. The first-order chi connectivity index (χ1) is 9.20. The van der Waals surface area contributed by atoms with Gasteiger partial charge in [0.25, 0.3) is 0 Å². The van der Waals surface area contributed by atoms with Crippen LogP contribution in [0.2, 0.25) is 5.02 Å². The molecule has 98 valence electrons. The summed E-state index contributed by atoms with van der Waals surface area (Å²) in [5, 5.41) is 5.98. The molecule has 4 nitrogen and oxygen atoms in total. The summed E-state index contributed by atoms with van der Waals surface area (Å²) in [5.41, 5.74) is 3.70. The lowest BCUT2D eigenvalue weighted by atomic mass is 10.1. The van der Waals surface area contributed by atoms with Crippen LogP contribution in [-0.4, -0.2) is 9.78 Å². The Bertz CT molecular complexity index is 666. The summed E-state index contributed by atoms with van der Waals surface area (Å²) >= 11 is 7.90. The van der Waals surface area contributed by atoms with Gasteiger partial charge in [0.2, 0.25) is 0 Å². The normalized spacial score (nSPS) is 13.0. The number of rotatable bonds is 3. The van der Waals surface area contributed by atoms with E-state index in [1.165, 1.54) is 10.1 Å². The molecule has 2 aromatic heterocycles. The van der Waals surface area contributed by atoms with E-state index in [0.717, 1.165) is 10.6 Å². The van der Waals surface area contributed by atoms with Gasteiger partial charge in [0.15, 0.2) is 0 Å². The van der Waals surface area contributed by atoms with E-state index in [4.69, 9.17) is 17.4 Å². The number of hydrogen-bond donors (Lipinski definition) is 2. The summed E-state index contributed by atoms with van der Waals surface area (Å²) in [6.07, 6.45) is 1.63. The second-order valence-electron chi connectivity index (χ2n) is 4.29. The SMILES string of the molecule is Cn1ncc(Cl)c1C(NN)c1cc2ccccc2s1. The van der Waals surface area contributed by atoms with Gasteiger partial charge in [-0.05, 0) is 17.5 Å². The Balaban J connectivity index is 2.12. The smallest absolute Gasteiger partial charge is 0.0985 e. The van der Waals surface area contributed by atoms with E-state index >= 15 is 0 Å². The second-order valence-corrected chi connectivity index (χ2v) is 5.81. The summed E-state index contributed by atoms with van der Waals surface area (Å²) in [6.45, 7) is 0. The fraction of sp³-hybridized carbons (Fsp3) is 0.154. The molecule has 6 heteroatoms. The predicted molar refractivity (Wildman–Crippen MR) is 79.2 cm³/mol. The van der Waals surface area contributed by atoms with Crippen LogP contribution >= 0.6 is 22.9 Å². The Kier molecular flexibility index (Phi) is 3.28. The van der Waals surface area contributed by atoms with Crippen molar-refractivity contribution in [1.82, 2.24) is 15.2 Å². The molecule has 0 saturated heterocycles. The number of aromatic nitrogens is 2. The van der Waals surface area contributed by atoms with Crippen molar-refractivity contribution in [1.29, 1.82) is 0 Å². The van der Waals surface area contributed by atoms with Gasteiger partial charge >= 0.3 is 0 Å². The van der Waals surface area contributed by atoms with Gasteiger partial charge in [-0.2, -0.15) is 5.10 Å². The molecule has 3 rings (SSSR count). The van der Waals surface area contributed by atoms with Crippen LogP contribution in [0.15, 0.2) is 36.5 Å². The van der Waals surface area contributed by atoms with Crippen molar-refractivity contribution >= 4 is 33.0 Å². The van der Waals surface area contributed by atoms with Crippen LogP contribution in [-0.2, 0) is 7.05 Å². The third kappa shape index (κ3) is 2.15. The summed E-state index contributed by atoms with van der Waals surface area (Å²) in [4.78, 5) is 1.12. The molecule has 0 radical (unpaired) electrons. The molecule has 0 amide bonds. The fourth-order valence-corrected chi connectivity index (χ4v) is 3.59. The van der Waals surface area contributed by atoms with Gasteiger partial charge in [-0.15, -0.1) is 11.3 Å². The van der Waals surface area contributed by atoms with Crippen molar-refractivity contribution in [3.05, 3.63) is 52.1 Å². The number of nitrogens with two attached hydrogens (primary N) is 1. The number of fused-ring (bicyclic) bond motifs is 1. The Labute approximate surface area is 119 Å². The van der Waals surface area contributed by atoms with Crippen molar-refractivity contribution in [3.8, 4) is 0 Å². The van der Waals surface area contributed by atoms with Gasteiger partial charge in [-0.3, -0.25) is 10.5 Å². The largest absolute Gasteiger partial charge is 0.270 e. The predicted octanol–water partition coefficient (Wildman–Crippen LogP) is 2.84. The van der Waals surface area contributed by atoms with Gasteiger partial charge in [-0.1, -0.05) is 29.8 Å². The highest BCUT2D eigenvalue weighted by Gasteiger charge is 2.21. The lowest BCUT2D eigenvalue weighted by molar-refractivity contribution is 0.582. The average Bonchev–Trinajstić information content (AvgIpc) is 2.97. The zero-order valence-corrected chi connectivity index (χ0v) is 11.9. The number of hydrogen-bond acceptors (Lipinski definition) is 4. The molecule has 0 fully saturated rings. The van der Waals surface area contributed by atoms with E-state index in [1.807, 2.05) is 19.2 Å². The van der Waals surface area contributed by atoms with E-state index in [-0.39, 0.29) is 6.04 Å². The molecule has 0 aliphatic heterocycles. The van der Waals surface area contributed by atoms with Crippen LogP contribution in [0.25, 0.3) is 10.1 Å². The molecule has 0 aliphatic carbocycles. The molecule has 3 aromatic rings. The molecule has 0 aliphatic rings. The number of benzene rings is 1. The minimum atomic E-state index is -0.155. The van der Waals surface area contributed by atoms with Crippen molar-refractivity contribution in [2.75, 3.05) is 0 Å². The molecule has 2 heterocycles. The van der Waals surface area contributed by atoms with E-state index < -0.39 is 0 Å². The summed E-state index contributed by atoms with van der Waals surface area (Å²) in [7, 11) is 1.86. The molecule has 1 atom stereocenters. The molecule has 1 aromatic carbocycles. The molecule has 0 saturated carbocycles. The highest BCUT2D eigenvalue weighted by molar-refractivity contribution is 7.19. The Morgan fingerprint density at radius 3 is 2.84 bits per heavy atom. The van der Waals surface area contributed by atoms with E-state index in [2.05, 4.69) is 28.7 Å².